The summed E-state index contributed by atoms with van der Waals surface area (Å²) in [6.45, 7) is 10.2. The third-order valence-electron chi connectivity index (χ3n) is 10.8. The summed E-state index contributed by atoms with van der Waals surface area (Å²) in [5.74, 6) is 2.75. The maximum Gasteiger partial charge on any atom is 0.329 e. The SMILES string of the molecule is CC(C)COc1ccc2c(c1)C1(CCC(Nc3cccc(Cl)c3)(C(=O)O)CC1)[C@@H](C[C@@H](C)COc1ccnc3c1[C@H](C)CCC3)C2. The van der Waals surface area contributed by atoms with E-state index in [2.05, 4.69) is 56.2 Å². The van der Waals surface area contributed by atoms with Crippen molar-refractivity contribution in [3.8, 4) is 11.5 Å². The molecule has 2 aromatic carbocycles. The Labute approximate surface area is 279 Å². The molecule has 246 valence electrons. The normalized spacial score (nSPS) is 26.0. The van der Waals surface area contributed by atoms with Crippen LogP contribution in [0.3, 0.4) is 0 Å². The van der Waals surface area contributed by atoms with E-state index in [4.69, 9.17) is 21.1 Å². The Balaban J connectivity index is 1.24. The molecule has 3 atom stereocenters. The van der Waals surface area contributed by atoms with E-state index in [9.17, 15) is 9.90 Å². The standard InChI is InChI=1S/C39H49ClN2O4/c1-25(2)23-45-32-12-11-28-20-29(19-26(3)24-46-35-13-18-41-34-10-5-7-27(4)36(34)35)38(33(28)22-32)14-16-39(17-15-38,37(43)44)42-31-9-6-8-30(40)21-31/h6,8-9,11-13,18,21-22,25-27,29,42H,5,7,10,14-17,19-20,23-24H2,1-4H3,(H,43,44)/t26-,27-,29+,38?,39?/m1/s1. The van der Waals surface area contributed by atoms with Gasteiger partial charge in [-0.2, -0.15) is 0 Å². The van der Waals surface area contributed by atoms with Crippen molar-refractivity contribution < 1.29 is 19.4 Å². The second-order valence-electron chi connectivity index (χ2n) is 14.7. The van der Waals surface area contributed by atoms with Gasteiger partial charge in [-0.25, -0.2) is 4.79 Å². The van der Waals surface area contributed by atoms with E-state index in [0.717, 1.165) is 49.3 Å². The summed E-state index contributed by atoms with van der Waals surface area (Å²) in [6, 6.07) is 16.0. The maximum absolute atomic E-state index is 12.9. The van der Waals surface area contributed by atoms with Crippen LogP contribution < -0.4 is 14.8 Å². The van der Waals surface area contributed by atoms with E-state index in [1.54, 1.807) is 0 Å². The molecule has 1 aromatic heterocycles. The molecule has 7 heteroatoms. The first-order chi connectivity index (χ1) is 22.1. The number of aromatic nitrogens is 1. The van der Waals surface area contributed by atoms with Crippen LogP contribution in [0.15, 0.2) is 54.7 Å². The van der Waals surface area contributed by atoms with Crippen LogP contribution in [0.2, 0.25) is 5.02 Å². The molecular weight excluding hydrogens is 596 g/mol. The number of hydrogen-bond acceptors (Lipinski definition) is 5. The highest BCUT2D eigenvalue weighted by Gasteiger charge is 2.54. The third-order valence-corrected chi connectivity index (χ3v) is 11.1. The number of nitrogens with one attached hydrogen (secondary N) is 1. The molecule has 0 aliphatic heterocycles. The van der Waals surface area contributed by atoms with Crippen LogP contribution in [0.1, 0.15) is 101 Å². The Morgan fingerprint density at radius 1 is 1.07 bits per heavy atom. The van der Waals surface area contributed by atoms with Gasteiger partial charge in [0.15, 0.2) is 0 Å². The summed E-state index contributed by atoms with van der Waals surface area (Å²) in [5, 5.41) is 14.6. The van der Waals surface area contributed by atoms with E-state index in [-0.39, 0.29) is 5.41 Å². The fourth-order valence-electron chi connectivity index (χ4n) is 8.43. The van der Waals surface area contributed by atoms with Crippen molar-refractivity contribution in [2.45, 2.75) is 102 Å². The summed E-state index contributed by atoms with van der Waals surface area (Å²) < 4.78 is 12.8. The van der Waals surface area contributed by atoms with E-state index >= 15 is 0 Å². The second kappa shape index (κ2) is 13.5. The monoisotopic (exact) mass is 644 g/mol. The Morgan fingerprint density at radius 3 is 2.61 bits per heavy atom. The van der Waals surface area contributed by atoms with Crippen molar-refractivity contribution >= 4 is 23.3 Å². The minimum atomic E-state index is -1.04. The molecule has 1 saturated carbocycles. The molecule has 46 heavy (non-hydrogen) atoms. The molecule has 0 amide bonds. The molecule has 0 radical (unpaired) electrons. The van der Waals surface area contributed by atoms with Crippen LogP contribution in [0.25, 0.3) is 0 Å². The van der Waals surface area contributed by atoms with Crippen LogP contribution in [0.4, 0.5) is 5.69 Å². The number of pyridine rings is 1. The number of anilines is 1. The molecule has 0 unspecified atom stereocenters. The molecule has 1 fully saturated rings. The van der Waals surface area contributed by atoms with Crippen molar-refractivity contribution in [2.75, 3.05) is 18.5 Å². The van der Waals surface area contributed by atoms with Gasteiger partial charge in [0.2, 0.25) is 0 Å². The molecule has 1 heterocycles. The fourth-order valence-corrected chi connectivity index (χ4v) is 8.62. The second-order valence-corrected chi connectivity index (χ2v) is 15.2. The van der Waals surface area contributed by atoms with Crippen molar-refractivity contribution in [1.82, 2.24) is 4.98 Å². The molecule has 6 nitrogen and oxygen atoms in total. The first kappa shape index (κ1) is 32.7. The average Bonchev–Trinajstić information content (AvgIpc) is 3.31. The van der Waals surface area contributed by atoms with Gasteiger partial charge in [-0.3, -0.25) is 4.98 Å². The number of carboxylic acids is 1. The number of fused-ring (bicyclic) bond motifs is 3. The maximum atomic E-state index is 12.9. The Hall–Kier alpha value is -3.25. The van der Waals surface area contributed by atoms with Gasteiger partial charge in [0.25, 0.3) is 0 Å². The van der Waals surface area contributed by atoms with Crippen molar-refractivity contribution in [2.24, 2.45) is 17.8 Å². The first-order valence-electron chi connectivity index (χ1n) is 17.2. The van der Waals surface area contributed by atoms with Crippen molar-refractivity contribution in [1.29, 1.82) is 0 Å². The lowest BCUT2D eigenvalue weighted by Crippen LogP contribution is -2.53. The number of aryl methyl sites for hydroxylation is 1. The summed E-state index contributed by atoms with van der Waals surface area (Å²) in [5.41, 5.74) is 4.81. The molecule has 1 spiro atoms. The number of carbonyl (C=O) groups is 1. The van der Waals surface area contributed by atoms with E-state index < -0.39 is 11.5 Å². The van der Waals surface area contributed by atoms with E-state index in [0.29, 0.717) is 54.7 Å². The van der Waals surface area contributed by atoms with Crippen molar-refractivity contribution in [3.63, 3.8) is 0 Å². The molecular formula is C39H49ClN2O4. The summed E-state index contributed by atoms with van der Waals surface area (Å²) in [6.07, 6.45) is 9.96. The zero-order chi connectivity index (χ0) is 32.5. The lowest BCUT2D eigenvalue weighted by molar-refractivity contribution is -0.144. The Morgan fingerprint density at radius 2 is 1.87 bits per heavy atom. The smallest absolute Gasteiger partial charge is 0.329 e. The number of carboxylic acid groups (broad SMARTS) is 1. The molecule has 0 saturated heterocycles. The number of nitrogens with zero attached hydrogens (tertiary/aromatic N) is 1. The Bertz CT molecular complexity index is 1550. The fraction of sp³-hybridized carbons (Fsp3) is 0.538. The van der Waals surface area contributed by atoms with Gasteiger partial charge in [0.05, 0.1) is 13.2 Å². The van der Waals surface area contributed by atoms with Crippen molar-refractivity contribution in [3.05, 3.63) is 82.1 Å². The van der Waals surface area contributed by atoms with Crippen LogP contribution in [0, 0.1) is 17.8 Å². The van der Waals surface area contributed by atoms with E-state index in [1.807, 2.05) is 36.5 Å². The number of halogens is 1. The zero-order valence-corrected chi connectivity index (χ0v) is 28.5. The quantitative estimate of drug-likeness (QED) is 0.217. The number of rotatable bonds is 11. The number of ether oxygens (including phenoxy) is 2. The molecule has 0 bridgehead atoms. The summed E-state index contributed by atoms with van der Waals surface area (Å²) in [7, 11) is 0. The van der Waals surface area contributed by atoms with E-state index in [1.165, 1.54) is 35.2 Å². The van der Waals surface area contributed by atoms with Gasteiger partial charge >= 0.3 is 5.97 Å². The lowest BCUT2D eigenvalue weighted by atomic mass is 9.59. The predicted octanol–water partition coefficient (Wildman–Crippen LogP) is 9.23. The molecule has 2 N–H and O–H groups in total. The summed E-state index contributed by atoms with van der Waals surface area (Å²) in [4.78, 5) is 17.5. The lowest BCUT2D eigenvalue weighted by Gasteiger charge is -2.47. The van der Waals surface area contributed by atoms with Gasteiger partial charge in [0, 0.05) is 28.2 Å². The van der Waals surface area contributed by atoms with Gasteiger partial charge in [0.1, 0.15) is 17.0 Å². The minimum absolute atomic E-state index is 0.111. The van der Waals surface area contributed by atoms with Gasteiger partial charge < -0.3 is 19.9 Å². The molecule has 3 aliphatic rings. The first-order valence-corrected chi connectivity index (χ1v) is 17.6. The molecule has 3 aromatic rings. The molecule has 3 aliphatic carbocycles. The van der Waals surface area contributed by atoms with Crippen LogP contribution in [-0.4, -0.2) is 34.8 Å². The highest BCUT2D eigenvalue weighted by Crippen LogP contribution is 2.56. The highest BCUT2D eigenvalue weighted by molar-refractivity contribution is 6.30. The van der Waals surface area contributed by atoms with Gasteiger partial charge in [-0.05, 0) is 134 Å². The topological polar surface area (TPSA) is 80.7 Å². The highest BCUT2D eigenvalue weighted by atomic mass is 35.5. The average molecular weight is 645 g/mol. The molecule has 6 rings (SSSR count). The van der Waals surface area contributed by atoms with Crippen LogP contribution in [-0.2, 0) is 23.1 Å². The predicted molar refractivity (Wildman–Crippen MR) is 184 cm³/mol. The van der Waals surface area contributed by atoms with Gasteiger partial charge in [-0.1, -0.05) is 51.4 Å². The zero-order valence-electron chi connectivity index (χ0n) is 27.8. The largest absolute Gasteiger partial charge is 0.493 e. The Kier molecular flexibility index (Phi) is 9.57. The minimum Gasteiger partial charge on any atom is -0.493 e. The van der Waals surface area contributed by atoms with Crippen LogP contribution >= 0.6 is 11.6 Å². The third kappa shape index (κ3) is 6.60. The summed E-state index contributed by atoms with van der Waals surface area (Å²) >= 11 is 6.26. The van der Waals surface area contributed by atoms with Crippen LogP contribution in [0.5, 0.6) is 11.5 Å². The number of benzene rings is 2. The van der Waals surface area contributed by atoms with Gasteiger partial charge in [-0.15, -0.1) is 0 Å². The number of hydrogen-bond donors (Lipinski definition) is 2. The number of aliphatic carboxylic acids is 1.